The fraction of sp³-hybridized carbons (Fsp3) is 0.800. The van der Waals surface area contributed by atoms with Gasteiger partial charge in [-0.2, -0.15) is 0 Å². The maximum absolute atomic E-state index is 9.98. The molecule has 0 aromatic carbocycles. The van der Waals surface area contributed by atoms with Crippen LogP contribution in [-0.4, -0.2) is 5.91 Å². The number of rotatable bonds is 3. The number of nitrogens with two attached hydrogens (primary N) is 1. The molecular weight excluding hydrogens is 97.0 g/mol. The van der Waals surface area contributed by atoms with Crippen molar-refractivity contribution in [1.82, 2.24) is 0 Å². The van der Waals surface area contributed by atoms with E-state index in [9.17, 15) is 4.79 Å². The van der Waals surface area contributed by atoms with Crippen molar-refractivity contribution in [3.05, 3.63) is 0 Å². The summed E-state index contributed by atoms with van der Waals surface area (Å²) in [5.74, 6) is -0.193. The first kappa shape index (κ1) is 10.9. The first-order valence-electron chi connectivity index (χ1n) is 2.55. The van der Waals surface area contributed by atoms with Crippen LogP contribution in [0.5, 0.6) is 0 Å². The summed E-state index contributed by atoms with van der Waals surface area (Å²) in [5, 5.41) is 0. The first-order valence-corrected chi connectivity index (χ1v) is 2.55. The third-order valence-electron chi connectivity index (χ3n) is 0.777. The summed E-state index contributed by atoms with van der Waals surface area (Å²) in [6.07, 6.45) is 2.51. The van der Waals surface area contributed by atoms with Crippen molar-refractivity contribution in [3.63, 3.8) is 0 Å². The number of carbonyl (C=O) groups excluding carboxylic acids is 1. The molecule has 0 aliphatic heterocycles. The van der Waals surface area contributed by atoms with Crippen LogP contribution in [0.1, 0.15) is 27.6 Å². The average molecular weight is 109 g/mol. The number of carbonyl (C=O) groups is 1. The molecule has 2 nitrogen and oxygen atoms in total. The SMILES string of the molecule is CCCCC(N)=O.[H-].[Li+]. The van der Waals surface area contributed by atoms with E-state index in [1.165, 1.54) is 0 Å². The van der Waals surface area contributed by atoms with Crippen molar-refractivity contribution in [2.45, 2.75) is 26.2 Å². The summed E-state index contributed by atoms with van der Waals surface area (Å²) in [5.41, 5.74) is 4.84. The van der Waals surface area contributed by atoms with Gasteiger partial charge >= 0.3 is 18.9 Å². The van der Waals surface area contributed by atoms with Gasteiger partial charge in [0.15, 0.2) is 0 Å². The number of hydrogen-bond acceptors (Lipinski definition) is 1. The number of amides is 1. The van der Waals surface area contributed by atoms with Crippen LogP contribution in [0.25, 0.3) is 0 Å². The van der Waals surface area contributed by atoms with Crippen LogP contribution >= 0.6 is 0 Å². The Morgan fingerprint density at radius 1 is 1.75 bits per heavy atom. The molecule has 1 amide bonds. The normalized spacial score (nSPS) is 7.62. The zero-order chi connectivity index (χ0) is 5.70. The van der Waals surface area contributed by atoms with Gasteiger partial charge in [-0.05, 0) is 6.42 Å². The first-order chi connectivity index (χ1) is 3.27. The molecule has 0 aromatic rings. The fourth-order valence-electron chi connectivity index (χ4n) is 0.351. The number of unbranched alkanes of at least 4 members (excludes halogenated alkanes) is 1. The zero-order valence-electron chi connectivity index (χ0n) is 6.61. The Labute approximate surface area is 63.5 Å². The predicted octanol–water partition coefficient (Wildman–Crippen LogP) is -2.22. The molecular formula is C5H12LiNO. The average Bonchev–Trinajstić information content (AvgIpc) is 1.61. The van der Waals surface area contributed by atoms with Gasteiger partial charge in [0, 0.05) is 6.42 Å². The monoisotopic (exact) mass is 109 g/mol. The molecule has 0 aromatic heterocycles. The summed E-state index contributed by atoms with van der Waals surface area (Å²) < 4.78 is 0. The molecule has 0 aliphatic carbocycles. The quantitative estimate of drug-likeness (QED) is 0.410. The van der Waals surface area contributed by atoms with E-state index in [-0.39, 0.29) is 26.2 Å². The number of hydrogen-bond donors (Lipinski definition) is 1. The molecule has 44 valence electrons. The van der Waals surface area contributed by atoms with Crippen molar-refractivity contribution >= 4 is 5.91 Å². The van der Waals surface area contributed by atoms with Crippen LogP contribution in [0.3, 0.4) is 0 Å². The minimum Gasteiger partial charge on any atom is -1.00 e. The Balaban J connectivity index is -0.000000180. The van der Waals surface area contributed by atoms with Crippen molar-refractivity contribution < 1.29 is 25.1 Å². The second kappa shape index (κ2) is 7.07. The summed E-state index contributed by atoms with van der Waals surface area (Å²) in [7, 11) is 0. The van der Waals surface area contributed by atoms with E-state index in [4.69, 9.17) is 5.73 Å². The molecule has 0 unspecified atom stereocenters. The van der Waals surface area contributed by atoms with E-state index in [1.807, 2.05) is 6.92 Å². The van der Waals surface area contributed by atoms with E-state index in [2.05, 4.69) is 0 Å². The summed E-state index contributed by atoms with van der Waals surface area (Å²) in [6.45, 7) is 2.03. The van der Waals surface area contributed by atoms with Crippen LogP contribution in [-0.2, 0) is 4.79 Å². The van der Waals surface area contributed by atoms with Gasteiger partial charge in [-0.25, -0.2) is 0 Å². The molecule has 0 rings (SSSR count). The zero-order valence-corrected chi connectivity index (χ0v) is 5.61. The summed E-state index contributed by atoms with van der Waals surface area (Å²) in [6, 6.07) is 0. The Bertz CT molecular complexity index is 70.0. The van der Waals surface area contributed by atoms with Crippen LogP contribution in [0.15, 0.2) is 0 Å². The van der Waals surface area contributed by atoms with Gasteiger partial charge in [-0.15, -0.1) is 0 Å². The van der Waals surface area contributed by atoms with Gasteiger partial charge in [-0.1, -0.05) is 13.3 Å². The second-order valence-corrected chi connectivity index (χ2v) is 1.57. The van der Waals surface area contributed by atoms with Crippen LogP contribution in [0.2, 0.25) is 0 Å². The fourth-order valence-corrected chi connectivity index (χ4v) is 0.351. The predicted molar refractivity (Wildman–Crippen MR) is 29.8 cm³/mol. The Morgan fingerprint density at radius 2 is 2.25 bits per heavy atom. The second-order valence-electron chi connectivity index (χ2n) is 1.57. The van der Waals surface area contributed by atoms with Crippen molar-refractivity contribution in [3.8, 4) is 0 Å². The molecule has 8 heavy (non-hydrogen) atoms. The molecule has 0 spiro atoms. The van der Waals surface area contributed by atoms with E-state index >= 15 is 0 Å². The van der Waals surface area contributed by atoms with Gasteiger partial charge in [0.2, 0.25) is 5.91 Å². The van der Waals surface area contributed by atoms with Crippen LogP contribution in [0.4, 0.5) is 0 Å². The van der Waals surface area contributed by atoms with E-state index < -0.39 is 0 Å². The Hall–Kier alpha value is 0.0674. The molecule has 0 aliphatic rings. The van der Waals surface area contributed by atoms with E-state index in [0.29, 0.717) is 6.42 Å². The maximum atomic E-state index is 9.98. The maximum Gasteiger partial charge on any atom is 1.00 e. The van der Waals surface area contributed by atoms with E-state index in [1.54, 1.807) is 0 Å². The largest absolute Gasteiger partial charge is 1.00 e. The topological polar surface area (TPSA) is 43.1 Å². The minimum atomic E-state index is -0.193. The molecule has 0 atom stereocenters. The van der Waals surface area contributed by atoms with Gasteiger partial charge in [0.05, 0.1) is 0 Å². The molecule has 3 heteroatoms. The third-order valence-corrected chi connectivity index (χ3v) is 0.777. The van der Waals surface area contributed by atoms with Crippen molar-refractivity contribution in [2.24, 2.45) is 5.73 Å². The smallest absolute Gasteiger partial charge is 1.00 e. The molecule has 0 radical (unpaired) electrons. The molecule has 0 fully saturated rings. The molecule has 0 bridgehead atoms. The molecule has 0 heterocycles. The van der Waals surface area contributed by atoms with Crippen LogP contribution in [0, 0.1) is 0 Å². The Kier molecular flexibility index (Phi) is 9.67. The third kappa shape index (κ3) is 9.42. The molecule has 0 saturated heterocycles. The van der Waals surface area contributed by atoms with Crippen LogP contribution < -0.4 is 24.6 Å². The molecule has 0 saturated carbocycles. The Morgan fingerprint density at radius 3 is 2.38 bits per heavy atom. The van der Waals surface area contributed by atoms with Gasteiger partial charge in [0.25, 0.3) is 0 Å². The standard InChI is InChI=1S/C5H11NO.Li.H/c1-2-3-4-5(6)7;;/h2-4H2,1H3,(H2,6,7);;/q;+1;-1. The van der Waals surface area contributed by atoms with Crippen molar-refractivity contribution in [2.75, 3.05) is 0 Å². The van der Waals surface area contributed by atoms with Gasteiger partial charge in [0.1, 0.15) is 0 Å². The summed E-state index contributed by atoms with van der Waals surface area (Å²) in [4.78, 5) is 9.98. The van der Waals surface area contributed by atoms with E-state index in [0.717, 1.165) is 12.8 Å². The van der Waals surface area contributed by atoms with Gasteiger partial charge in [-0.3, -0.25) is 4.79 Å². The minimum absolute atomic E-state index is 0. The summed E-state index contributed by atoms with van der Waals surface area (Å²) >= 11 is 0. The molecule has 2 N–H and O–H groups in total. The van der Waals surface area contributed by atoms with Crippen molar-refractivity contribution in [1.29, 1.82) is 0 Å². The van der Waals surface area contributed by atoms with Gasteiger partial charge < -0.3 is 7.16 Å². The number of primary amides is 1.